The van der Waals surface area contributed by atoms with E-state index in [0.29, 0.717) is 23.7 Å². The Bertz CT molecular complexity index is 318. The highest BCUT2D eigenvalue weighted by Crippen LogP contribution is 2.15. The van der Waals surface area contributed by atoms with Gasteiger partial charge in [0.1, 0.15) is 5.15 Å². The summed E-state index contributed by atoms with van der Waals surface area (Å²) in [6, 6.07) is 4.02. The highest BCUT2D eigenvalue weighted by Gasteiger charge is 2.13. The molecule has 4 heteroatoms. The standard InChI is InChI=1S/C12H19ClN2O/c1-4-16-8-11(9(2)3)15-10-5-6-14-12(13)7-10/h5-7,9,11H,4,8H2,1-3H3,(H,14,15). The van der Waals surface area contributed by atoms with E-state index in [4.69, 9.17) is 16.3 Å². The van der Waals surface area contributed by atoms with Crippen molar-refractivity contribution >= 4 is 17.3 Å². The number of hydrogen-bond acceptors (Lipinski definition) is 3. The average Bonchev–Trinajstić information content (AvgIpc) is 2.24. The molecule has 0 saturated heterocycles. The van der Waals surface area contributed by atoms with Crippen LogP contribution in [-0.4, -0.2) is 24.2 Å². The average molecular weight is 243 g/mol. The van der Waals surface area contributed by atoms with Crippen LogP contribution in [0.2, 0.25) is 5.15 Å². The molecule has 0 aromatic carbocycles. The molecular weight excluding hydrogens is 224 g/mol. The smallest absolute Gasteiger partial charge is 0.131 e. The van der Waals surface area contributed by atoms with Crippen molar-refractivity contribution in [2.45, 2.75) is 26.8 Å². The summed E-state index contributed by atoms with van der Waals surface area (Å²) in [6.45, 7) is 7.77. The van der Waals surface area contributed by atoms with Gasteiger partial charge in [0.15, 0.2) is 0 Å². The van der Waals surface area contributed by atoms with Gasteiger partial charge in [0.05, 0.1) is 12.6 Å². The molecule has 0 spiro atoms. The van der Waals surface area contributed by atoms with Crippen LogP contribution in [0.3, 0.4) is 0 Å². The van der Waals surface area contributed by atoms with Gasteiger partial charge in [-0.2, -0.15) is 0 Å². The molecule has 1 aromatic rings. The lowest BCUT2D eigenvalue weighted by Crippen LogP contribution is -2.30. The SMILES string of the molecule is CCOCC(Nc1ccnc(Cl)c1)C(C)C. The molecule has 0 fully saturated rings. The van der Waals surface area contributed by atoms with Crippen LogP contribution in [0.25, 0.3) is 0 Å². The maximum absolute atomic E-state index is 5.83. The van der Waals surface area contributed by atoms with Gasteiger partial charge < -0.3 is 10.1 Å². The Kier molecular flexibility index (Phi) is 5.56. The van der Waals surface area contributed by atoms with Gasteiger partial charge in [-0.15, -0.1) is 0 Å². The first-order valence-electron chi connectivity index (χ1n) is 5.59. The number of anilines is 1. The minimum Gasteiger partial charge on any atom is -0.380 e. The summed E-state index contributed by atoms with van der Waals surface area (Å²) >= 11 is 5.83. The fourth-order valence-corrected chi connectivity index (χ4v) is 1.53. The third kappa shape index (κ3) is 4.37. The second-order valence-electron chi connectivity index (χ2n) is 4.02. The summed E-state index contributed by atoms with van der Waals surface area (Å²) in [4.78, 5) is 3.95. The van der Waals surface area contributed by atoms with Crippen LogP contribution in [0.4, 0.5) is 5.69 Å². The van der Waals surface area contributed by atoms with Crippen LogP contribution in [0.1, 0.15) is 20.8 Å². The quantitative estimate of drug-likeness (QED) is 0.778. The van der Waals surface area contributed by atoms with Crippen molar-refractivity contribution < 1.29 is 4.74 Å². The predicted octanol–water partition coefficient (Wildman–Crippen LogP) is 3.21. The molecule has 0 amide bonds. The zero-order valence-electron chi connectivity index (χ0n) is 10.0. The molecule has 0 aliphatic rings. The Morgan fingerprint density at radius 1 is 1.50 bits per heavy atom. The summed E-state index contributed by atoms with van der Waals surface area (Å²) in [6.07, 6.45) is 1.70. The summed E-state index contributed by atoms with van der Waals surface area (Å²) in [5.74, 6) is 0.499. The highest BCUT2D eigenvalue weighted by atomic mass is 35.5. The van der Waals surface area contributed by atoms with Gasteiger partial charge in [0.25, 0.3) is 0 Å². The maximum Gasteiger partial charge on any atom is 0.131 e. The van der Waals surface area contributed by atoms with E-state index in [1.807, 2.05) is 19.1 Å². The molecule has 1 heterocycles. The third-order valence-electron chi connectivity index (χ3n) is 2.38. The molecule has 1 N–H and O–H groups in total. The minimum absolute atomic E-state index is 0.290. The lowest BCUT2D eigenvalue weighted by Gasteiger charge is -2.23. The van der Waals surface area contributed by atoms with Crippen LogP contribution in [0.5, 0.6) is 0 Å². The molecule has 90 valence electrons. The summed E-state index contributed by atoms with van der Waals surface area (Å²) in [5.41, 5.74) is 0.985. The van der Waals surface area contributed by atoms with Crippen LogP contribution in [0.15, 0.2) is 18.3 Å². The first kappa shape index (κ1) is 13.3. The summed E-state index contributed by atoms with van der Waals surface area (Å²) in [7, 11) is 0. The second-order valence-corrected chi connectivity index (χ2v) is 4.41. The first-order valence-corrected chi connectivity index (χ1v) is 5.97. The van der Waals surface area contributed by atoms with E-state index in [2.05, 4.69) is 24.1 Å². The van der Waals surface area contributed by atoms with Gasteiger partial charge in [-0.1, -0.05) is 25.4 Å². The summed E-state index contributed by atoms with van der Waals surface area (Å²) in [5, 5.41) is 3.91. The Morgan fingerprint density at radius 3 is 2.81 bits per heavy atom. The maximum atomic E-state index is 5.83. The van der Waals surface area contributed by atoms with Crippen LogP contribution in [-0.2, 0) is 4.74 Å². The molecule has 1 unspecified atom stereocenters. The molecule has 0 radical (unpaired) electrons. The first-order chi connectivity index (χ1) is 7.63. The number of nitrogens with one attached hydrogen (secondary N) is 1. The van der Waals surface area contributed by atoms with E-state index < -0.39 is 0 Å². The van der Waals surface area contributed by atoms with Gasteiger partial charge in [0, 0.05) is 18.5 Å². The minimum atomic E-state index is 0.290. The van der Waals surface area contributed by atoms with E-state index in [-0.39, 0.29) is 0 Å². The van der Waals surface area contributed by atoms with Crippen LogP contribution < -0.4 is 5.32 Å². The van der Waals surface area contributed by atoms with Crippen molar-refractivity contribution in [1.29, 1.82) is 0 Å². The number of halogens is 1. The lowest BCUT2D eigenvalue weighted by molar-refractivity contribution is 0.127. The molecule has 0 bridgehead atoms. The molecule has 0 saturated carbocycles. The monoisotopic (exact) mass is 242 g/mol. The van der Waals surface area contributed by atoms with Gasteiger partial charge in [0.2, 0.25) is 0 Å². The Morgan fingerprint density at radius 2 is 2.25 bits per heavy atom. The number of ether oxygens (including phenoxy) is 1. The molecule has 0 aliphatic heterocycles. The second kappa shape index (κ2) is 6.71. The molecule has 0 aliphatic carbocycles. The number of aromatic nitrogens is 1. The zero-order chi connectivity index (χ0) is 12.0. The Labute approximate surface area is 102 Å². The molecule has 1 atom stereocenters. The lowest BCUT2D eigenvalue weighted by atomic mass is 10.1. The van der Waals surface area contributed by atoms with Crippen LogP contribution in [0, 0.1) is 5.92 Å². The van der Waals surface area contributed by atoms with Crippen LogP contribution >= 0.6 is 11.6 Å². The topological polar surface area (TPSA) is 34.1 Å². The number of pyridine rings is 1. The van der Waals surface area contributed by atoms with E-state index in [0.717, 1.165) is 12.3 Å². The number of hydrogen-bond donors (Lipinski definition) is 1. The van der Waals surface area contributed by atoms with Crippen molar-refractivity contribution in [3.63, 3.8) is 0 Å². The van der Waals surface area contributed by atoms with Gasteiger partial charge in [-0.25, -0.2) is 4.98 Å². The molecule has 1 rings (SSSR count). The van der Waals surface area contributed by atoms with Crippen molar-refractivity contribution in [3.05, 3.63) is 23.5 Å². The fourth-order valence-electron chi connectivity index (χ4n) is 1.35. The van der Waals surface area contributed by atoms with E-state index in [9.17, 15) is 0 Å². The van der Waals surface area contributed by atoms with E-state index >= 15 is 0 Å². The van der Waals surface area contributed by atoms with Gasteiger partial charge >= 0.3 is 0 Å². The normalized spacial score (nSPS) is 12.8. The predicted molar refractivity (Wildman–Crippen MR) is 68.0 cm³/mol. The molecule has 16 heavy (non-hydrogen) atoms. The number of nitrogens with zero attached hydrogens (tertiary/aromatic N) is 1. The van der Waals surface area contributed by atoms with Gasteiger partial charge in [-0.3, -0.25) is 0 Å². The molecule has 1 aromatic heterocycles. The van der Waals surface area contributed by atoms with E-state index in [1.165, 1.54) is 0 Å². The summed E-state index contributed by atoms with van der Waals surface area (Å²) < 4.78 is 5.45. The Balaban J connectivity index is 2.60. The number of rotatable bonds is 6. The van der Waals surface area contributed by atoms with Crippen molar-refractivity contribution in [2.75, 3.05) is 18.5 Å². The highest BCUT2D eigenvalue weighted by molar-refractivity contribution is 6.29. The van der Waals surface area contributed by atoms with E-state index in [1.54, 1.807) is 6.20 Å². The molecular formula is C12H19ClN2O. The van der Waals surface area contributed by atoms with Gasteiger partial charge in [-0.05, 0) is 25.0 Å². The Hall–Kier alpha value is -0.800. The zero-order valence-corrected chi connectivity index (χ0v) is 10.8. The van der Waals surface area contributed by atoms with Crippen molar-refractivity contribution in [2.24, 2.45) is 5.92 Å². The third-order valence-corrected chi connectivity index (χ3v) is 2.59. The van der Waals surface area contributed by atoms with Crippen molar-refractivity contribution in [3.8, 4) is 0 Å². The van der Waals surface area contributed by atoms with Crippen molar-refractivity contribution in [1.82, 2.24) is 4.98 Å². The molecule has 3 nitrogen and oxygen atoms in total. The largest absolute Gasteiger partial charge is 0.380 e. The fraction of sp³-hybridized carbons (Fsp3) is 0.583.